The van der Waals surface area contributed by atoms with Gasteiger partial charge in [0.1, 0.15) is 5.82 Å². The Morgan fingerprint density at radius 1 is 1.11 bits per heavy atom. The Balaban J connectivity index is 1.32. The van der Waals surface area contributed by atoms with E-state index in [4.69, 9.17) is 0 Å². The molecule has 0 saturated heterocycles. The van der Waals surface area contributed by atoms with Crippen molar-refractivity contribution in [1.29, 1.82) is 0 Å². The minimum Gasteiger partial charge on any atom is -0.349 e. The van der Waals surface area contributed by atoms with E-state index in [1.807, 2.05) is 54.9 Å². The first-order valence-corrected chi connectivity index (χ1v) is 10.5. The smallest absolute Gasteiger partial charge is 0.230 e. The van der Waals surface area contributed by atoms with Gasteiger partial charge in [0, 0.05) is 13.0 Å². The molecule has 5 nitrogen and oxygen atoms in total. The Labute approximate surface area is 169 Å². The van der Waals surface area contributed by atoms with Crippen LogP contribution < -0.4 is 5.32 Å². The molecule has 1 amide bonds. The van der Waals surface area contributed by atoms with E-state index in [2.05, 4.69) is 39.8 Å². The molecule has 1 fully saturated rings. The van der Waals surface area contributed by atoms with Crippen LogP contribution >= 0.6 is 11.8 Å². The summed E-state index contributed by atoms with van der Waals surface area (Å²) < 4.78 is 2.03. The van der Waals surface area contributed by atoms with Gasteiger partial charge in [-0.1, -0.05) is 72.4 Å². The number of carbonyl (C=O) groups is 1. The van der Waals surface area contributed by atoms with Crippen LogP contribution in [-0.2, 0) is 11.8 Å². The SMILES string of the molecule is C[C@H](NC(=O)CSc1nnc([C@H]2C[C@H]2c2ccccc2)n1C)c1ccccc1. The third-order valence-electron chi connectivity index (χ3n) is 5.23. The molecule has 1 saturated carbocycles. The molecule has 1 aromatic heterocycles. The number of aromatic nitrogens is 3. The summed E-state index contributed by atoms with van der Waals surface area (Å²) in [5.41, 5.74) is 2.46. The Hall–Kier alpha value is -2.60. The Morgan fingerprint density at radius 3 is 2.50 bits per heavy atom. The minimum atomic E-state index is -0.0116. The van der Waals surface area contributed by atoms with Gasteiger partial charge in [-0.2, -0.15) is 0 Å². The predicted octanol–water partition coefficient (Wildman–Crippen LogP) is 4.06. The number of thioether (sulfide) groups is 1. The molecule has 0 aliphatic heterocycles. The number of hydrogen-bond donors (Lipinski definition) is 1. The first-order chi connectivity index (χ1) is 13.6. The number of benzene rings is 2. The van der Waals surface area contributed by atoms with Crippen molar-refractivity contribution < 1.29 is 4.79 Å². The molecule has 3 atom stereocenters. The van der Waals surface area contributed by atoms with Gasteiger partial charge < -0.3 is 9.88 Å². The van der Waals surface area contributed by atoms with E-state index in [9.17, 15) is 4.79 Å². The fraction of sp³-hybridized carbons (Fsp3) is 0.318. The van der Waals surface area contributed by atoms with E-state index >= 15 is 0 Å². The Bertz CT molecular complexity index is 942. The topological polar surface area (TPSA) is 59.8 Å². The minimum absolute atomic E-state index is 0.000475. The molecule has 0 radical (unpaired) electrons. The lowest BCUT2D eigenvalue weighted by molar-refractivity contribution is -0.119. The van der Waals surface area contributed by atoms with Gasteiger partial charge in [-0.05, 0) is 30.4 Å². The molecule has 3 aromatic rings. The number of carbonyl (C=O) groups excluding carboxylic acids is 1. The van der Waals surface area contributed by atoms with Gasteiger partial charge in [0.05, 0.1) is 11.8 Å². The first-order valence-electron chi connectivity index (χ1n) is 9.55. The molecular formula is C22H24N4OS. The predicted molar refractivity (Wildman–Crippen MR) is 111 cm³/mol. The zero-order valence-corrected chi connectivity index (χ0v) is 16.9. The van der Waals surface area contributed by atoms with E-state index < -0.39 is 0 Å². The van der Waals surface area contributed by atoms with Crippen molar-refractivity contribution in [2.75, 3.05) is 5.75 Å². The maximum atomic E-state index is 12.3. The monoisotopic (exact) mass is 392 g/mol. The summed E-state index contributed by atoms with van der Waals surface area (Å²) >= 11 is 1.43. The van der Waals surface area contributed by atoms with E-state index in [-0.39, 0.29) is 11.9 Å². The maximum Gasteiger partial charge on any atom is 0.230 e. The number of hydrogen-bond acceptors (Lipinski definition) is 4. The van der Waals surface area contributed by atoms with E-state index in [0.29, 0.717) is 17.6 Å². The van der Waals surface area contributed by atoms with Crippen LogP contribution in [0, 0.1) is 0 Å². The Kier molecular flexibility index (Phi) is 5.48. The van der Waals surface area contributed by atoms with Crippen molar-refractivity contribution in [3.8, 4) is 0 Å². The summed E-state index contributed by atoms with van der Waals surface area (Å²) in [6.45, 7) is 2.00. The zero-order valence-electron chi connectivity index (χ0n) is 16.1. The van der Waals surface area contributed by atoms with Crippen LogP contribution in [0.5, 0.6) is 0 Å². The summed E-state index contributed by atoms with van der Waals surface area (Å²) in [4.78, 5) is 12.3. The van der Waals surface area contributed by atoms with Crippen LogP contribution in [0.1, 0.15) is 48.2 Å². The lowest BCUT2D eigenvalue weighted by Gasteiger charge is -2.14. The molecule has 1 aliphatic carbocycles. The molecule has 1 heterocycles. The molecule has 0 bridgehead atoms. The summed E-state index contributed by atoms with van der Waals surface area (Å²) in [5, 5.41) is 12.5. The van der Waals surface area contributed by atoms with Gasteiger partial charge in [-0.3, -0.25) is 4.79 Å². The number of amides is 1. The van der Waals surface area contributed by atoms with E-state index in [1.165, 1.54) is 17.3 Å². The molecule has 0 spiro atoms. The molecule has 144 valence electrons. The average molecular weight is 393 g/mol. The average Bonchev–Trinajstić information content (AvgIpc) is 3.44. The Morgan fingerprint density at radius 2 is 1.79 bits per heavy atom. The van der Waals surface area contributed by atoms with Gasteiger partial charge in [0.15, 0.2) is 5.16 Å². The second-order valence-electron chi connectivity index (χ2n) is 7.25. The van der Waals surface area contributed by atoms with Crippen molar-refractivity contribution in [1.82, 2.24) is 20.1 Å². The quantitative estimate of drug-likeness (QED) is 0.616. The van der Waals surface area contributed by atoms with Crippen LogP contribution in [-0.4, -0.2) is 26.4 Å². The summed E-state index contributed by atoms with van der Waals surface area (Å²) in [5.74, 6) is 2.28. The van der Waals surface area contributed by atoms with Crippen molar-refractivity contribution >= 4 is 17.7 Å². The van der Waals surface area contributed by atoms with Gasteiger partial charge in [0.2, 0.25) is 5.91 Å². The third-order valence-corrected chi connectivity index (χ3v) is 6.25. The standard InChI is InChI=1S/C22H24N4OS/c1-15(16-9-5-3-6-10-16)23-20(27)14-28-22-25-24-21(26(22)2)19-13-18(19)17-11-7-4-8-12-17/h3-12,15,18-19H,13-14H2,1-2H3,(H,23,27)/t15-,18-,19-/m0/s1. The fourth-order valence-electron chi connectivity index (χ4n) is 3.56. The highest BCUT2D eigenvalue weighted by Crippen LogP contribution is 2.54. The zero-order chi connectivity index (χ0) is 19.5. The molecule has 1 N–H and O–H groups in total. The van der Waals surface area contributed by atoms with Crippen molar-refractivity contribution in [3.63, 3.8) is 0 Å². The van der Waals surface area contributed by atoms with Gasteiger partial charge >= 0.3 is 0 Å². The van der Waals surface area contributed by atoms with Crippen molar-refractivity contribution in [3.05, 3.63) is 77.6 Å². The lowest BCUT2D eigenvalue weighted by Crippen LogP contribution is -2.28. The highest BCUT2D eigenvalue weighted by molar-refractivity contribution is 7.99. The van der Waals surface area contributed by atoms with Gasteiger partial charge in [0.25, 0.3) is 0 Å². The molecular weight excluding hydrogens is 368 g/mol. The lowest BCUT2D eigenvalue weighted by atomic mass is 10.1. The second kappa shape index (κ2) is 8.19. The molecule has 0 unspecified atom stereocenters. The second-order valence-corrected chi connectivity index (χ2v) is 8.19. The van der Waals surface area contributed by atoms with Crippen LogP contribution in [0.4, 0.5) is 0 Å². The van der Waals surface area contributed by atoms with Gasteiger partial charge in [-0.25, -0.2) is 0 Å². The molecule has 28 heavy (non-hydrogen) atoms. The number of nitrogens with one attached hydrogen (secondary N) is 1. The van der Waals surface area contributed by atoms with E-state index in [1.54, 1.807) is 0 Å². The van der Waals surface area contributed by atoms with Crippen LogP contribution in [0.15, 0.2) is 65.8 Å². The maximum absolute atomic E-state index is 12.3. The molecule has 6 heteroatoms. The third kappa shape index (κ3) is 4.12. The highest BCUT2D eigenvalue weighted by atomic mass is 32.2. The molecule has 1 aliphatic rings. The van der Waals surface area contributed by atoms with Crippen LogP contribution in [0.3, 0.4) is 0 Å². The fourth-order valence-corrected chi connectivity index (χ4v) is 4.29. The summed E-state index contributed by atoms with van der Waals surface area (Å²) in [7, 11) is 1.99. The number of nitrogens with zero attached hydrogens (tertiary/aromatic N) is 3. The molecule has 4 rings (SSSR count). The van der Waals surface area contributed by atoms with E-state index in [0.717, 1.165) is 23.0 Å². The van der Waals surface area contributed by atoms with Crippen LogP contribution in [0.25, 0.3) is 0 Å². The van der Waals surface area contributed by atoms with Gasteiger partial charge in [-0.15, -0.1) is 10.2 Å². The number of rotatable bonds is 7. The van der Waals surface area contributed by atoms with Crippen molar-refractivity contribution in [2.24, 2.45) is 7.05 Å². The summed E-state index contributed by atoms with van der Waals surface area (Å²) in [6, 6.07) is 20.5. The van der Waals surface area contributed by atoms with Crippen molar-refractivity contribution in [2.45, 2.75) is 36.4 Å². The first kappa shape index (κ1) is 18.7. The summed E-state index contributed by atoms with van der Waals surface area (Å²) in [6.07, 6.45) is 1.11. The normalized spacial score (nSPS) is 19.2. The largest absolute Gasteiger partial charge is 0.349 e. The van der Waals surface area contributed by atoms with Crippen LogP contribution in [0.2, 0.25) is 0 Å². The molecule has 2 aromatic carbocycles. The highest BCUT2D eigenvalue weighted by Gasteiger charge is 2.42.